The average Bonchev–Trinajstić information content (AvgIpc) is 3.33. The van der Waals surface area contributed by atoms with Gasteiger partial charge < -0.3 is 19.5 Å². The normalized spacial score (nSPS) is 10.8. The second-order valence-electron chi connectivity index (χ2n) is 9.52. The van der Waals surface area contributed by atoms with Gasteiger partial charge in [-0.05, 0) is 66.6 Å². The van der Waals surface area contributed by atoms with Crippen molar-refractivity contribution in [2.45, 2.75) is 19.6 Å². The van der Waals surface area contributed by atoms with Gasteiger partial charge in [0.2, 0.25) is 0 Å². The number of ether oxygens (including phenoxy) is 1. The number of nitriles is 1. The summed E-state index contributed by atoms with van der Waals surface area (Å²) in [7, 11) is 1.97. The summed E-state index contributed by atoms with van der Waals surface area (Å²) < 4.78 is 7.89. The van der Waals surface area contributed by atoms with Crippen LogP contribution in [0.15, 0.2) is 103 Å². The number of anilines is 2. The number of imidazole rings is 1. The Morgan fingerprint density at radius 2 is 1.70 bits per heavy atom. The molecule has 0 aliphatic rings. The van der Waals surface area contributed by atoms with E-state index in [1.807, 2.05) is 108 Å². The number of hydrogen-bond acceptors (Lipinski definition) is 5. The van der Waals surface area contributed by atoms with Crippen LogP contribution in [0.25, 0.3) is 11.0 Å². The molecule has 5 rings (SSSR count). The molecule has 1 amide bonds. The van der Waals surface area contributed by atoms with E-state index < -0.39 is 0 Å². The number of aromatic nitrogens is 2. The number of nitrogens with one attached hydrogen (secondary N) is 1. The fourth-order valence-corrected chi connectivity index (χ4v) is 4.59. The van der Waals surface area contributed by atoms with Gasteiger partial charge in [-0.1, -0.05) is 48.5 Å². The van der Waals surface area contributed by atoms with Crippen LogP contribution in [0.1, 0.15) is 33.7 Å². The van der Waals surface area contributed by atoms with Gasteiger partial charge in [0.1, 0.15) is 5.82 Å². The SMILES string of the molecule is Cn1c(CNc2ccc(C#N)cc2)nc2cc(C(=O)N(CCCOCc3ccccc3)c3ccccc3)ccc21. The minimum Gasteiger partial charge on any atom is -0.378 e. The summed E-state index contributed by atoms with van der Waals surface area (Å²) in [5.41, 5.74) is 5.82. The van der Waals surface area contributed by atoms with E-state index in [4.69, 9.17) is 15.0 Å². The summed E-state index contributed by atoms with van der Waals surface area (Å²) >= 11 is 0. The molecule has 1 heterocycles. The van der Waals surface area contributed by atoms with Crippen LogP contribution in [-0.4, -0.2) is 28.6 Å². The first-order valence-electron chi connectivity index (χ1n) is 13.3. The highest BCUT2D eigenvalue weighted by molar-refractivity contribution is 6.07. The zero-order valence-electron chi connectivity index (χ0n) is 22.5. The van der Waals surface area contributed by atoms with E-state index in [1.165, 1.54) is 0 Å². The van der Waals surface area contributed by atoms with E-state index in [-0.39, 0.29) is 5.91 Å². The van der Waals surface area contributed by atoms with Gasteiger partial charge in [-0.15, -0.1) is 0 Å². The zero-order valence-corrected chi connectivity index (χ0v) is 22.5. The lowest BCUT2D eigenvalue weighted by Crippen LogP contribution is -2.32. The molecule has 5 aromatic rings. The van der Waals surface area contributed by atoms with Crippen LogP contribution in [0.3, 0.4) is 0 Å². The molecule has 0 saturated carbocycles. The fraction of sp³-hybridized carbons (Fsp3) is 0.182. The lowest BCUT2D eigenvalue weighted by molar-refractivity contribution is 0.0973. The summed E-state index contributed by atoms with van der Waals surface area (Å²) in [6.07, 6.45) is 0.713. The molecule has 1 aromatic heterocycles. The Labute approximate surface area is 234 Å². The maximum Gasteiger partial charge on any atom is 0.258 e. The molecule has 0 aliphatic carbocycles. The van der Waals surface area contributed by atoms with E-state index in [0.717, 1.165) is 33.8 Å². The van der Waals surface area contributed by atoms with Crippen molar-refractivity contribution < 1.29 is 9.53 Å². The summed E-state index contributed by atoms with van der Waals surface area (Å²) in [5.74, 6) is 0.776. The lowest BCUT2D eigenvalue weighted by Gasteiger charge is -2.23. The molecule has 0 radical (unpaired) electrons. The van der Waals surface area contributed by atoms with Crippen LogP contribution in [0.5, 0.6) is 0 Å². The van der Waals surface area contributed by atoms with Crippen LogP contribution in [0.4, 0.5) is 11.4 Å². The third-order valence-corrected chi connectivity index (χ3v) is 6.78. The molecular weight excluding hydrogens is 498 g/mol. The van der Waals surface area contributed by atoms with Gasteiger partial charge in [0, 0.05) is 37.1 Å². The highest BCUT2D eigenvalue weighted by atomic mass is 16.5. The third-order valence-electron chi connectivity index (χ3n) is 6.78. The van der Waals surface area contributed by atoms with Crippen molar-refractivity contribution in [3.8, 4) is 6.07 Å². The quantitative estimate of drug-likeness (QED) is 0.203. The Hall–Kier alpha value is -4.93. The standard InChI is InChI=1S/C33H31N5O2/c1-37-31-18-15-27(21-30(31)36-32(37)23-35-28-16-13-25(22-34)14-17-28)33(39)38(29-11-6-3-7-12-29)19-8-20-40-24-26-9-4-2-5-10-26/h2-7,9-18,21,35H,8,19-20,23-24H2,1H3. The van der Waals surface area contributed by atoms with Gasteiger partial charge in [-0.3, -0.25) is 4.79 Å². The van der Waals surface area contributed by atoms with Gasteiger partial charge >= 0.3 is 0 Å². The monoisotopic (exact) mass is 529 g/mol. The van der Waals surface area contributed by atoms with E-state index >= 15 is 0 Å². The first kappa shape index (κ1) is 26.7. The van der Waals surface area contributed by atoms with Crippen molar-refractivity contribution in [1.29, 1.82) is 5.26 Å². The number of carbonyl (C=O) groups excluding carboxylic acids is 1. The smallest absolute Gasteiger partial charge is 0.258 e. The highest BCUT2D eigenvalue weighted by Crippen LogP contribution is 2.22. The summed E-state index contributed by atoms with van der Waals surface area (Å²) in [5, 5.41) is 12.4. The topological polar surface area (TPSA) is 83.2 Å². The van der Waals surface area contributed by atoms with E-state index in [0.29, 0.717) is 43.9 Å². The number of fused-ring (bicyclic) bond motifs is 1. The molecule has 1 N–H and O–H groups in total. The van der Waals surface area contributed by atoms with Gasteiger partial charge in [0.05, 0.1) is 35.8 Å². The van der Waals surface area contributed by atoms with Crippen molar-refractivity contribution in [2.75, 3.05) is 23.4 Å². The molecular formula is C33H31N5O2. The zero-order chi connectivity index (χ0) is 27.7. The minimum atomic E-state index is -0.0703. The van der Waals surface area contributed by atoms with Crippen LogP contribution >= 0.6 is 0 Å². The highest BCUT2D eigenvalue weighted by Gasteiger charge is 2.19. The molecule has 7 nitrogen and oxygen atoms in total. The van der Waals surface area contributed by atoms with Crippen molar-refractivity contribution in [2.24, 2.45) is 7.05 Å². The maximum atomic E-state index is 13.7. The van der Waals surface area contributed by atoms with Crippen molar-refractivity contribution in [3.05, 3.63) is 126 Å². The Bertz CT molecular complexity index is 1610. The Morgan fingerprint density at radius 3 is 2.42 bits per heavy atom. The van der Waals surface area contributed by atoms with E-state index in [1.54, 1.807) is 12.1 Å². The Kier molecular flexibility index (Phi) is 8.50. The first-order valence-corrected chi connectivity index (χ1v) is 13.3. The average molecular weight is 530 g/mol. The number of para-hydroxylation sites is 1. The fourth-order valence-electron chi connectivity index (χ4n) is 4.59. The Balaban J connectivity index is 1.28. The summed E-state index contributed by atoms with van der Waals surface area (Å²) in [6.45, 7) is 2.16. The number of aryl methyl sites for hydroxylation is 1. The summed E-state index contributed by atoms with van der Waals surface area (Å²) in [4.78, 5) is 20.4. The van der Waals surface area contributed by atoms with E-state index in [9.17, 15) is 4.79 Å². The number of rotatable bonds is 11. The largest absolute Gasteiger partial charge is 0.378 e. The molecule has 4 aromatic carbocycles. The number of benzene rings is 4. The number of hydrogen-bond donors (Lipinski definition) is 1. The molecule has 0 unspecified atom stereocenters. The predicted octanol–water partition coefficient (Wildman–Crippen LogP) is 6.31. The number of nitrogens with zero attached hydrogens (tertiary/aromatic N) is 4. The lowest BCUT2D eigenvalue weighted by atomic mass is 10.1. The molecule has 7 heteroatoms. The number of carbonyl (C=O) groups is 1. The molecule has 200 valence electrons. The minimum absolute atomic E-state index is 0.0703. The molecule has 0 aliphatic heterocycles. The molecule has 0 bridgehead atoms. The van der Waals surface area contributed by atoms with E-state index in [2.05, 4.69) is 11.4 Å². The molecule has 0 fully saturated rings. The third kappa shape index (κ3) is 6.37. The van der Waals surface area contributed by atoms with Gasteiger partial charge in [-0.25, -0.2) is 4.98 Å². The van der Waals surface area contributed by atoms with Crippen LogP contribution in [0.2, 0.25) is 0 Å². The van der Waals surface area contributed by atoms with Crippen LogP contribution < -0.4 is 10.2 Å². The van der Waals surface area contributed by atoms with Gasteiger partial charge in [-0.2, -0.15) is 5.26 Å². The van der Waals surface area contributed by atoms with Crippen molar-refractivity contribution in [3.63, 3.8) is 0 Å². The first-order chi connectivity index (χ1) is 19.6. The molecule has 40 heavy (non-hydrogen) atoms. The molecule has 0 saturated heterocycles. The maximum absolute atomic E-state index is 13.7. The molecule has 0 spiro atoms. The molecule has 0 atom stereocenters. The van der Waals surface area contributed by atoms with Gasteiger partial charge in [0.15, 0.2) is 0 Å². The predicted molar refractivity (Wildman–Crippen MR) is 158 cm³/mol. The van der Waals surface area contributed by atoms with Gasteiger partial charge in [0.25, 0.3) is 5.91 Å². The van der Waals surface area contributed by atoms with Crippen molar-refractivity contribution in [1.82, 2.24) is 9.55 Å². The Morgan fingerprint density at radius 1 is 0.975 bits per heavy atom. The van der Waals surface area contributed by atoms with Crippen LogP contribution in [-0.2, 0) is 24.9 Å². The van der Waals surface area contributed by atoms with Crippen molar-refractivity contribution >= 4 is 28.3 Å². The number of amides is 1. The second-order valence-corrected chi connectivity index (χ2v) is 9.52. The van der Waals surface area contributed by atoms with Crippen LogP contribution in [0, 0.1) is 11.3 Å². The second kappa shape index (κ2) is 12.7. The summed E-state index contributed by atoms with van der Waals surface area (Å²) in [6, 6.07) is 34.9.